The van der Waals surface area contributed by atoms with Gasteiger partial charge in [-0.2, -0.15) is 12.6 Å². The molecular weight excluding hydrogens is 420 g/mol. The minimum atomic E-state index is -0.158. The second-order valence-corrected chi connectivity index (χ2v) is 12.1. The zero-order valence-electron chi connectivity index (χ0n) is 21.2. The van der Waals surface area contributed by atoms with E-state index in [2.05, 4.69) is 43.6 Å². The van der Waals surface area contributed by atoms with Crippen molar-refractivity contribution in [2.24, 2.45) is 17.6 Å². The highest BCUT2D eigenvalue weighted by Gasteiger charge is 2.47. The third-order valence-corrected chi connectivity index (χ3v) is 10.1. The number of thiol groups is 1. The largest absolute Gasteiger partial charge is 0.328 e. The molecule has 1 heterocycles. The molecule has 4 unspecified atom stereocenters. The van der Waals surface area contributed by atoms with Gasteiger partial charge in [0.1, 0.15) is 0 Å². The third kappa shape index (κ3) is 9.04. The van der Waals surface area contributed by atoms with E-state index >= 15 is 0 Å². The number of carbonyl (C=O) groups excluding carboxylic acids is 1. The molecule has 2 N–H and O–H groups in total. The molecule has 3 aliphatic carbocycles. The summed E-state index contributed by atoms with van der Waals surface area (Å²) in [5, 5.41) is 0.946. The van der Waals surface area contributed by atoms with Crippen LogP contribution >= 0.6 is 23.3 Å². The first kappa shape index (κ1) is 29.0. The van der Waals surface area contributed by atoms with E-state index in [1.807, 2.05) is 13.8 Å². The minimum absolute atomic E-state index is 0.158. The summed E-state index contributed by atoms with van der Waals surface area (Å²) in [6, 6.07) is 0.692. The molecule has 0 aromatic carbocycles. The molecule has 1 aliphatic heterocycles. The molecule has 0 aromatic rings. The van der Waals surface area contributed by atoms with Crippen molar-refractivity contribution in [3.05, 3.63) is 0 Å². The minimum Gasteiger partial charge on any atom is -0.328 e. The van der Waals surface area contributed by atoms with Crippen molar-refractivity contribution in [1.29, 1.82) is 0 Å². The van der Waals surface area contributed by atoms with Crippen molar-refractivity contribution in [3.8, 4) is 0 Å². The summed E-state index contributed by atoms with van der Waals surface area (Å²) >= 11 is 4.55. The molecule has 4 rings (SSSR count). The Morgan fingerprint density at radius 3 is 1.97 bits per heavy atom. The van der Waals surface area contributed by atoms with Crippen LogP contribution < -0.4 is 5.73 Å². The van der Waals surface area contributed by atoms with Crippen LogP contribution in [-0.2, 0) is 4.79 Å². The van der Waals surface area contributed by atoms with E-state index in [-0.39, 0.29) is 22.6 Å². The Balaban J connectivity index is 0.000000331. The van der Waals surface area contributed by atoms with Crippen molar-refractivity contribution in [2.75, 3.05) is 0 Å². The summed E-state index contributed by atoms with van der Waals surface area (Å²) in [6.07, 6.45) is 16.1. The van der Waals surface area contributed by atoms with Gasteiger partial charge in [-0.25, -0.2) is 0 Å². The average molecular weight is 473 g/mol. The molecule has 1 amide bonds. The molecule has 184 valence electrons. The molecule has 0 bridgehead atoms. The molecular formula is C26H52N2OS2. The molecule has 0 aromatic heterocycles. The van der Waals surface area contributed by atoms with Crippen LogP contribution in [0.5, 0.6) is 0 Å². The normalized spacial score (nSPS) is 34.2. The quantitative estimate of drug-likeness (QED) is 0.337. The summed E-state index contributed by atoms with van der Waals surface area (Å²) in [7, 11) is -0.158. The van der Waals surface area contributed by atoms with Gasteiger partial charge in [-0.1, -0.05) is 89.7 Å². The highest BCUT2D eigenvalue weighted by molar-refractivity contribution is 8.13. The molecule has 3 saturated carbocycles. The fourth-order valence-electron chi connectivity index (χ4n) is 4.37. The van der Waals surface area contributed by atoms with Gasteiger partial charge in [0.05, 0.1) is 5.92 Å². The van der Waals surface area contributed by atoms with Crippen LogP contribution in [0.1, 0.15) is 118 Å². The van der Waals surface area contributed by atoms with E-state index in [9.17, 15) is 4.79 Å². The monoisotopic (exact) mass is 472 g/mol. The molecule has 3 nitrogen and oxygen atoms in total. The standard InChI is InChI=1S/C14H24N2OS2.C6H14.C4H8.C2H6/c1-19-13-8-9(15)2-7-12(13)14(17)16(19)10-3-5-11(18)6-4-10;1-4-6(3)5-2;1-2-4-3-1;1-2/h9-13,18H,1-8,15H2;6H,4-5H2,1-3H3;1-4H2;1-2H3. The van der Waals surface area contributed by atoms with Gasteiger partial charge in [-0.05, 0) is 50.9 Å². The summed E-state index contributed by atoms with van der Waals surface area (Å²) in [6.45, 7) is 10.7. The maximum absolute atomic E-state index is 12.7. The Labute approximate surface area is 202 Å². The van der Waals surface area contributed by atoms with E-state index in [1.165, 1.54) is 38.5 Å². The highest BCUT2D eigenvalue weighted by atomic mass is 32.2. The van der Waals surface area contributed by atoms with Gasteiger partial charge >= 0.3 is 0 Å². The molecule has 5 heteroatoms. The van der Waals surface area contributed by atoms with E-state index in [1.54, 1.807) is 0 Å². The fraction of sp³-hybridized carbons (Fsp3) is 0.923. The van der Waals surface area contributed by atoms with Gasteiger partial charge in [0.2, 0.25) is 5.91 Å². The molecule has 4 atom stereocenters. The average Bonchev–Trinajstić information content (AvgIpc) is 2.98. The van der Waals surface area contributed by atoms with Gasteiger partial charge < -0.3 is 5.73 Å². The van der Waals surface area contributed by atoms with Crippen molar-refractivity contribution in [3.63, 3.8) is 0 Å². The molecule has 0 radical (unpaired) electrons. The SMILES string of the molecule is C1CCC1.C=S1C2CC(N)CCC2C(=O)N1C1CCC(S)CC1.CC.CCC(C)CC. The maximum atomic E-state index is 12.7. The number of nitrogens with zero attached hydrogens (tertiary/aromatic N) is 1. The lowest BCUT2D eigenvalue weighted by Crippen LogP contribution is -2.38. The van der Waals surface area contributed by atoms with Gasteiger partial charge in [0.25, 0.3) is 0 Å². The Bertz CT molecular complexity index is 508. The Hall–Kier alpha value is -0.000000000000000111. The zero-order valence-corrected chi connectivity index (χ0v) is 22.9. The lowest BCUT2D eigenvalue weighted by Gasteiger charge is -2.34. The van der Waals surface area contributed by atoms with E-state index in [4.69, 9.17) is 5.73 Å². The number of hydrogen-bond acceptors (Lipinski definition) is 3. The number of rotatable bonds is 3. The summed E-state index contributed by atoms with van der Waals surface area (Å²) in [4.78, 5) is 12.7. The van der Waals surface area contributed by atoms with Crippen LogP contribution in [0.3, 0.4) is 0 Å². The van der Waals surface area contributed by atoms with Gasteiger partial charge in [-0.3, -0.25) is 9.10 Å². The number of hydrogen-bond donors (Lipinski definition) is 2. The van der Waals surface area contributed by atoms with Crippen molar-refractivity contribution < 1.29 is 4.79 Å². The van der Waals surface area contributed by atoms with Gasteiger partial charge in [0.15, 0.2) is 0 Å². The van der Waals surface area contributed by atoms with Crippen molar-refractivity contribution in [2.45, 2.75) is 141 Å². The van der Waals surface area contributed by atoms with Crippen LogP contribution in [-0.4, -0.2) is 38.7 Å². The molecule has 31 heavy (non-hydrogen) atoms. The molecule has 1 saturated heterocycles. The van der Waals surface area contributed by atoms with Crippen LogP contribution in [0.25, 0.3) is 0 Å². The number of fused-ring (bicyclic) bond motifs is 1. The van der Waals surface area contributed by atoms with Crippen molar-refractivity contribution >= 4 is 35.1 Å². The maximum Gasteiger partial charge on any atom is 0.236 e. The summed E-state index contributed by atoms with van der Waals surface area (Å²) in [5.74, 6) is 5.87. The van der Waals surface area contributed by atoms with E-state index in [0.717, 1.165) is 50.9 Å². The van der Waals surface area contributed by atoms with Crippen LogP contribution in [0.2, 0.25) is 0 Å². The topological polar surface area (TPSA) is 46.3 Å². The first-order valence-electron chi connectivity index (χ1n) is 13.2. The van der Waals surface area contributed by atoms with Crippen LogP contribution in [0, 0.1) is 11.8 Å². The number of amides is 1. The first-order chi connectivity index (χ1) is 14.9. The molecule has 4 fully saturated rings. The smallest absolute Gasteiger partial charge is 0.236 e. The summed E-state index contributed by atoms with van der Waals surface area (Å²) in [5.41, 5.74) is 6.08. The fourth-order valence-corrected chi connectivity index (χ4v) is 7.02. The lowest BCUT2D eigenvalue weighted by molar-refractivity contribution is -0.131. The van der Waals surface area contributed by atoms with Gasteiger partial charge in [0, 0.05) is 22.6 Å². The van der Waals surface area contributed by atoms with E-state index in [0.29, 0.717) is 22.4 Å². The first-order valence-corrected chi connectivity index (χ1v) is 15.1. The lowest BCUT2D eigenvalue weighted by atomic mass is 9.85. The predicted octanol–water partition coefficient (Wildman–Crippen LogP) is 7.21. The second kappa shape index (κ2) is 15.8. The molecule has 4 aliphatic rings. The third-order valence-electron chi connectivity index (χ3n) is 7.36. The zero-order chi connectivity index (χ0) is 23.4. The van der Waals surface area contributed by atoms with Crippen molar-refractivity contribution in [1.82, 2.24) is 4.31 Å². The summed E-state index contributed by atoms with van der Waals surface area (Å²) < 4.78 is 2.15. The van der Waals surface area contributed by atoms with E-state index < -0.39 is 0 Å². The van der Waals surface area contributed by atoms with Crippen LogP contribution in [0.15, 0.2) is 0 Å². The Morgan fingerprint density at radius 1 is 1.03 bits per heavy atom. The predicted molar refractivity (Wildman–Crippen MR) is 145 cm³/mol. The Kier molecular flexibility index (Phi) is 14.8. The van der Waals surface area contributed by atoms with Gasteiger partial charge in [-0.15, -0.1) is 0 Å². The molecule has 0 spiro atoms. The Morgan fingerprint density at radius 2 is 1.55 bits per heavy atom. The number of nitrogens with two attached hydrogens (primary N) is 1. The number of carbonyl (C=O) groups is 1. The highest BCUT2D eigenvalue weighted by Crippen LogP contribution is 2.49. The second-order valence-electron chi connectivity index (χ2n) is 9.58. The van der Waals surface area contributed by atoms with Crippen LogP contribution in [0.4, 0.5) is 0 Å².